The Morgan fingerprint density at radius 3 is 2.33 bits per heavy atom. The molecule has 1 aliphatic heterocycles. The predicted octanol–water partition coefficient (Wildman–Crippen LogP) is 4.02. The van der Waals surface area contributed by atoms with Crippen molar-refractivity contribution in [3.8, 4) is 0 Å². The first kappa shape index (κ1) is 14.5. The van der Waals surface area contributed by atoms with Crippen molar-refractivity contribution < 1.29 is 0 Å². The number of pyridine rings is 1. The Bertz CT molecular complexity index is 637. The van der Waals surface area contributed by atoms with Gasteiger partial charge in [0.25, 0.3) is 0 Å². The van der Waals surface area contributed by atoms with Crippen LogP contribution < -0.4 is 9.80 Å². The topological polar surface area (TPSA) is 19.4 Å². The van der Waals surface area contributed by atoms with E-state index in [0.29, 0.717) is 5.15 Å². The van der Waals surface area contributed by atoms with E-state index in [9.17, 15) is 0 Å². The zero-order valence-corrected chi connectivity index (χ0v) is 13.4. The maximum absolute atomic E-state index is 6.07. The van der Waals surface area contributed by atoms with Crippen LogP contribution in [0, 0.1) is 6.92 Å². The minimum atomic E-state index is 0.550. The van der Waals surface area contributed by atoms with E-state index in [1.54, 1.807) is 0 Å². The van der Waals surface area contributed by atoms with Crippen molar-refractivity contribution in [1.29, 1.82) is 0 Å². The van der Waals surface area contributed by atoms with E-state index in [1.165, 1.54) is 11.4 Å². The fourth-order valence-corrected chi connectivity index (χ4v) is 3.11. The molecule has 0 aliphatic carbocycles. The highest BCUT2D eigenvalue weighted by Gasteiger charge is 2.19. The summed E-state index contributed by atoms with van der Waals surface area (Å²) in [6.45, 7) is 5.89. The summed E-state index contributed by atoms with van der Waals surface area (Å²) in [5.41, 5.74) is 3.34. The van der Waals surface area contributed by atoms with Gasteiger partial charge in [0.2, 0.25) is 0 Å². The van der Waals surface area contributed by atoms with Gasteiger partial charge >= 0.3 is 0 Å². The molecule has 2 heterocycles. The summed E-state index contributed by atoms with van der Waals surface area (Å²) in [5, 5.41) is 1.33. The Morgan fingerprint density at radius 1 is 0.952 bits per heavy atom. The van der Waals surface area contributed by atoms with Crippen LogP contribution in [0.3, 0.4) is 0 Å². The molecule has 0 amide bonds. The maximum atomic E-state index is 6.07. The molecule has 1 aromatic heterocycles. The lowest BCUT2D eigenvalue weighted by Crippen LogP contribution is -2.46. The number of benzene rings is 1. The SMILES string of the molecule is Cc1nc(Cl)ccc1N1CCN(c2cccc(Cl)c2)CC1. The van der Waals surface area contributed by atoms with Crippen LogP contribution in [-0.4, -0.2) is 31.2 Å². The molecular formula is C16H17Cl2N3. The van der Waals surface area contributed by atoms with E-state index in [0.717, 1.165) is 36.9 Å². The van der Waals surface area contributed by atoms with Gasteiger partial charge in [-0.2, -0.15) is 0 Å². The first-order valence-corrected chi connectivity index (χ1v) is 7.78. The molecule has 0 unspecified atom stereocenters. The highest BCUT2D eigenvalue weighted by atomic mass is 35.5. The second kappa shape index (κ2) is 6.12. The molecule has 0 bridgehead atoms. The van der Waals surface area contributed by atoms with Crippen molar-refractivity contribution in [3.63, 3.8) is 0 Å². The van der Waals surface area contributed by atoms with Gasteiger partial charge in [-0.15, -0.1) is 0 Å². The Balaban J connectivity index is 1.70. The molecule has 1 fully saturated rings. The first-order valence-electron chi connectivity index (χ1n) is 7.02. The number of piperazine rings is 1. The minimum Gasteiger partial charge on any atom is -0.368 e. The summed E-state index contributed by atoms with van der Waals surface area (Å²) in [7, 11) is 0. The number of aromatic nitrogens is 1. The number of rotatable bonds is 2. The first-order chi connectivity index (χ1) is 10.1. The van der Waals surface area contributed by atoms with Crippen molar-refractivity contribution in [2.75, 3.05) is 36.0 Å². The molecule has 1 aliphatic rings. The number of anilines is 2. The second-order valence-electron chi connectivity index (χ2n) is 5.19. The molecule has 110 valence electrons. The number of hydrogen-bond acceptors (Lipinski definition) is 3. The van der Waals surface area contributed by atoms with E-state index in [-0.39, 0.29) is 0 Å². The largest absolute Gasteiger partial charge is 0.368 e. The smallest absolute Gasteiger partial charge is 0.129 e. The van der Waals surface area contributed by atoms with E-state index in [1.807, 2.05) is 31.2 Å². The van der Waals surface area contributed by atoms with Gasteiger partial charge in [-0.3, -0.25) is 0 Å². The monoisotopic (exact) mass is 321 g/mol. The molecule has 1 saturated heterocycles. The van der Waals surface area contributed by atoms with Crippen LogP contribution >= 0.6 is 23.2 Å². The minimum absolute atomic E-state index is 0.550. The van der Waals surface area contributed by atoms with Crippen molar-refractivity contribution in [3.05, 3.63) is 52.3 Å². The van der Waals surface area contributed by atoms with E-state index >= 15 is 0 Å². The Kier molecular flexibility index (Phi) is 4.22. The number of hydrogen-bond donors (Lipinski definition) is 0. The summed E-state index contributed by atoms with van der Waals surface area (Å²) >= 11 is 12.0. The van der Waals surface area contributed by atoms with Gasteiger partial charge < -0.3 is 9.80 Å². The molecule has 0 radical (unpaired) electrons. The third kappa shape index (κ3) is 3.25. The summed E-state index contributed by atoms with van der Waals surface area (Å²) < 4.78 is 0. The lowest BCUT2D eigenvalue weighted by molar-refractivity contribution is 0.651. The zero-order chi connectivity index (χ0) is 14.8. The standard InChI is InChI=1S/C16H17Cl2N3/c1-12-15(5-6-16(18)19-12)21-9-7-20(8-10-21)14-4-2-3-13(17)11-14/h2-6,11H,7-10H2,1H3. The molecule has 0 atom stereocenters. The van der Waals surface area contributed by atoms with Gasteiger partial charge in [0, 0.05) is 36.9 Å². The summed E-state index contributed by atoms with van der Waals surface area (Å²) in [6, 6.07) is 11.9. The summed E-state index contributed by atoms with van der Waals surface area (Å²) in [4.78, 5) is 9.05. The van der Waals surface area contributed by atoms with Gasteiger partial charge in [0.15, 0.2) is 0 Å². The van der Waals surface area contributed by atoms with Crippen LogP contribution in [0.25, 0.3) is 0 Å². The number of aryl methyl sites for hydroxylation is 1. The predicted molar refractivity (Wildman–Crippen MR) is 89.9 cm³/mol. The Labute approximate surface area is 135 Å². The van der Waals surface area contributed by atoms with Crippen LogP contribution in [0.2, 0.25) is 10.2 Å². The molecule has 1 aromatic carbocycles. The maximum Gasteiger partial charge on any atom is 0.129 e. The van der Waals surface area contributed by atoms with Gasteiger partial charge in [-0.25, -0.2) is 4.98 Å². The molecule has 0 saturated carbocycles. The van der Waals surface area contributed by atoms with Gasteiger partial charge in [0.05, 0.1) is 11.4 Å². The van der Waals surface area contributed by atoms with Gasteiger partial charge in [-0.1, -0.05) is 29.3 Å². The molecule has 3 rings (SSSR count). The van der Waals surface area contributed by atoms with Crippen LogP contribution in [0.4, 0.5) is 11.4 Å². The Morgan fingerprint density at radius 2 is 1.67 bits per heavy atom. The van der Waals surface area contributed by atoms with Crippen molar-refractivity contribution in [1.82, 2.24) is 4.98 Å². The highest BCUT2D eigenvalue weighted by Crippen LogP contribution is 2.25. The van der Waals surface area contributed by atoms with Gasteiger partial charge in [-0.05, 0) is 37.3 Å². The average Bonchev–Trinajstić information content (AvgIpc) is 2.47. The summed E-state index contributed by atoms with van der Waals surface area (Å²) in [6.07, 6.45) is 0. The molecule has 21 heavy (non-hydrogen) atoms. The van der Waals surface area contributed by atoms with Crippen molar-refractivity contribution in [2.24, 2.45) is 0 Å². The Hall–Kier alpha value is -1.45. The molecule has 3 nitrogen and oxygen atoms in total. The fraction of sp³-hybridized carbons (Fsp3) is 0.312. The van der Waals surface area contributed by atoms with Crippen LogP contribution in [0.15, 0.2) is 36.4 Å². The molecule has 2 aromatic rings. The third-order valence-electron chi connectivity index (χ3n) is 3.82. The normalized spacial score (nSPS) is 15.4. The van der Waals surface area contributed by atoms with E-state index < -0.39 is 0 Å². The molecule has 5 heteroatoms. The third-order valence-corrected chi connectivity index (χ3v) is 4.26. The quantitative estimate of drug-likeness (QED) is 0.779. The number of halogens is 2. The van der Waals surface area contributed by atoms with E-state index in [4.69, 9.17) is 23.2 Å². The summed E-state index contributed by atoms with van der Waals surface area (Å²) in [5.74, 6) is 0. The molecular weight excluding hydrogens is 305 g/mol. The zero-order valence-electron chi connectivity index (χ0n) is 11.9. The molecule has 0 spiro atoms. The van der Waals surface area contributed by atoms with Gasteiger partial charge in [0.1, 0.15) is 5.15 Å². The molecule has 0 N–H and O–H groups in total. The van der Waals surface area contributed by atoms with Crippen LogP contribution in [-0.2, 0) is 0 Å². The van der Waals surface area contributed by atoms with Crippen molar-refractivity contribution >= 4 is 34.6 Å². The number of nitrogens with zero attached hydrogens (tertiary/aromatic N) is 3. The average molecular weight is 322 g/mol. The lowest BCUT2D eigenvalue weighted by atomic mass is 10.2. The fourth-order valence-electron chi connectivity index (χ4n) is 2.74. The van der Waals surface area contributed by atoms with E-state index in [2.05, 4.69) is 26.9 Å². The lowest BCUT2D eigenvalue weighted by Gasteiger charge is -2.37. The van der Waals surface area contributed by atoms with Crippen LogP contribution in [0.1, 0.15) is 5.69 Å². The highest BCUT2D eigenvalue weighted by molar-refractivity contribution is 6.30. The second-order valence-corrected chi connectivity index (χ2v) is 6.02. The van der Waals surface area contributed by atoms with Crippen LogP contribution in [0.5, 0.6) is 0 Å². The van der Waals surface area contributed by atoms with Crippen molar-refractivity contribution in [2.45, 2.75) is 6.92 Å².